The van der Waals surface area contributed by atoms with Gasteiger partial charge in [-0.1, -0.05) is 12.1 Å². The molecule has 23 heavy (non-hydrogen) atoms. The van der Waals surface area contributed by atoms with Gasteiger partial charge in [0.15, 0.2) is 0 Å². The van der Waals surface area contributed by atoms with Crippen LogP contribution in [0.2, 0.25) is 0 Å². The number of rotatable bonds is 5. The van der Waals surface area contributed by atoms with Crippen LogP contribution in [0.5, 0.6) is 0 Å². The molecule has 1 saturated heterocycles. The minimum Gasteiger partial charge on any atom is -0.317 e. The largest absolute Gasteiger partial charge is 0.317 e. The van der Waals surface area contributed by atoms with E-state index in [-0.39, 0.29) is 5.82 Å². The predicted octanol–water partition coefficient (Wildman–Crippen LogP) is 2.64. The van der Waals surface area contributed by atoms with E-state index in [9.17, 15) is 4.39 Å². The van der Waals surface area contributed by atoms with E-state index in [1.807, 2.05) is 10.9 Å². The molecule has 2 heterocycles. The monoisotopic (exact) mass is 316 g/mol. The van der Waals surface area contributed by atoms with E-state index in [0.29, 0.717) is 12.6 Å². The molecule has 0 spiro atoms. The molecule has 4 nitrogen and oxygen atoms in total. The van der Waals surface area contributed by atoms with E-state index >= 15 is 0 Å². The second kappa shape index (κ2) is 7.70. The number of nitrogens with one attached hydrogen (secondary N) is 1. The summed E-state index contributed by atoms with van der Waals surface area (Å²) >= 11 is 0. The molecule has 0 amide bonds. The van der Waals surface area contributed by atoms with E-state index in [0.717, 1.165) is 25.2 Å². The molecule has 1 aromatic heterocycles. The highest BCUT2D eigenvalue weighted by molar-refractivity contribution is 5.16. The Morgan fingerprint density at radius 2 is 2.04 bits per heavy atom. The van der Waals surface area contributed by atoms with Gasteiger partial charge in [-0.25, -0.2) is 4.39 Å². The van der Waals surface area contributed by atoms with Crippen molar-refractivity contribution in [3.63, 3.8) is 0 Å². The topological polar surface area (TPSA) is 33.1 Å². The molecular weight excluding hydrogens is 291 g/mol. The summed E-state index contributed by atoms with van der Waals surface area (Å²) in [7, 11) is 2.20. The standard InChI is InChI=1S/C18H25FN4/c1-22(18-3-2-9-20-10-8-18)12-16-11-21-23(14-16)13-15-4-6-17(19)7-5-15/h4-7,11,14,18,20H,2-3,8-10,12-13H2,1H3. The summed E-state index contributed by atoms with van der Waals surface area (Å²) in [6.45, 7) is 3.85. The van der Waals surface area contributed by atoms with E-state index in [1.54, 1.807) is 12.1 Å². The van der Waals surface area contributed by atoms with Crippen LogP contribution in [0.25, 0.3) is 0 Å². The predicted molar refractivity (Wildman–Crippen MR) is 89.7 cm³/mol. The lowest BCUT2D eigenvalue weighted by Crippen LogP contribution is -2.31. The normalized spacial score (nSPS) is 19.0. The van der Waals surface area contributed by atoms with Crippen molar-refractivity contribution in [2.45, 2.75) is 38.4 Å². The summed E-state index contributed by atoms with van der Waals surface area (Å²) in [5, 5.41) is 7.90. The lowest BCUT2D eigenvalue weighted by atomic mass is 10.1. The van der Waals surface area contributed by atoms with Crippen LogP contribution in [0.4, 0.5) is 4.39 Å². The second-order valence-electron chi connectivity index (χ2n) is 6.42. The van der Waals surface area contributed by atoms with Crippen LogP contribution in [0.15, 0.2) is 36.7 Å². The molecule has 1 aromatic carbocycles. The van der Waals surface area contributed by atoms with Crippen LogP contribution in [-0.4, -0.2) is 40.9 Å². The maximum absolute atomic E-state index is 12.9. The van der Waals surface area contributed by atoms with Crippen molar-refractivity contribution in [3.8, 4) is 0 Å². The summed E-state index contributed by atoms with van der Waals surface area (Å²) in [5.41, 5.74) is 2.29. The van der Waals surface area contributed by atoms with Gasteiger partial charge >= 0.3 is 0 Å². The van der Waals surface area contributed by atoms with E-state index < -0.39 is 0 Å². The van der Waals surface area contributed by atoms with Crippen molar-refractivity contribution in [2.75, 3.05) is 20.1 Å². The quantitative estimate of drug-likeness (QED) is 0.920. The third-order valence-electron chi connectivity index (χ3n) is 4.55. The molecule has 1 atom stereocenters. The molecular formula is C18H25FN4. The first-order valence-corrected chi connectivity index (χ1v) is 8.37. The summed E-state index contributed by atoms with van der Waals surface area (Å²) in [4.78, 5) is 2.44. The maximum Gasteiger partial charge on any atom is 0.123 e. The highest BCUT2D eigenvalue weighted by Crippen LogP contribution is 2.15. The van der Waals surface area contributed by atoms with Gasteiger partial charge in [0, 0.05) is 24.3 Å². The molecule has 3 rings (SSSR count). The molecule has 0 saturated carbocycles. The zero-order valence-corrected chi connectivity index (χ0v) is 13.7. The highest BCUT2D eigenvalue weighted by atomic mass is 19.1. The van der Waals surface area contributed by atoms with Gasteiger partial charge < -0.3 is 5.32 Å². The van der Waals surface area contributed by atoms with E-state index in [2.05, 4.69) is 28.6 Å². The molecule has 124 valence electrons. The van der Waals surface area contributed by atoms with Crippen LogP contribution in [0.1, 0.15) is 30.4 Å². The van der Waals surface area contributed by atoms with Crippen LogP contribution in [-0.2, 0) is 13.1 Å². The van der Waals surface area contributed by atoms with E-state index in [1.165, 1.54) is 37.0 Å². The number of aromatic nitrogens is 2. The van der Waals surface area contributed by atoms with Crippen LogP contribution >= 0.6 is 0 Å². The first-order valence-electron chi connectivity index (χ1n) is 8.37. The van der Waals surface area contributed by atoms with Crippen LogP contribution < -0.4 is 5.32 Å². The van der Waals surface area contributed by atoms with Gasteiger partial charge in [-0.3, -0.25) is 9.58 Å². The Balaban J connectivity index is 1.57. The Kier molecular flexibility index (Phi) is 5.41. The lowest BCUT2D eigenvalue weighted by Gasteiger charge is -2.26. The Morgan fingerprint density at radius 1 is 1.22 bits per heavy atom. The smallest absolute Gasteiger partial charge is 0.123 e. The zero-order valence-electron chi connectivity index (χ0n) is 13.7. The second-order valence-corrected chi connectivity index (χ2v) is 6.42. The van der Waals surface area contributed by atoms with Gasteiger partial charge in [-0.15, -0.1) is 0 Å². The first-order chi connectivity index (χ1) is 11.2. The minimum atomic E-state index is -0.200. The molecule has 0 bridgehead atoms. The minimum absolute atomic E-state index is 0.200. The van der Waals surface area contributed by atoms with Gasteiger partial charge in [-0.05, 0) is 57.1 Å². The Bertz CT molecular complexity index is 600. The van der Waals surface area contributed by atoms with Crippen molar-refractivity contribution in [1.29, 1.82) is 0 Å². The Labute approximate surface area is 137 Å². The number of nitrogens with zero attached hydrogens (tertiary/aromatic N) is 3. The average molecular weight is 316 g/mol. The third kappa shape index (κ3) is 4.62. The Morgan fingerprint density at radius 3 is 2.87 bits per heavy atom. The Hall–Kier alpha value is -1.72. The van der Waals surface area contributed by atoms with Gasteiger partial charge in [0.05, 0.1) is 12.7 Å². The first kappa shape index (κ1) is 16.1. The number of halogens is 1. The number of hydrogen-bond donors (Lipinski definition) is 1. The summed E-state index contributed by atoms with van der Waals surface area (Å²) < 4.78 is 14.9. The average Bonchev–Trinajstić information content (AvgIpc) is 2.81. The highest BCUT2D eigenvalue weighted by Gasteiger charge is 2.17. The zero-order chi connectivity index (χ0) is 16.1. The van der Waals surface area contributed by atoms with Gasteiger partial charge in [0.25, 0.3) is 0 Å². The fourth-order valence-electron chi connectivity index (χ4n) is 3.21. The summed E-state index contributed by atoms with van der Waals surface area (Å²) in [6, 6.07) is 7.25. The summed E-state index contributed by atoms with van der Waals surface area (Å²) in [6.07, 6.45) is 7.75. The fraction of sp³-hybridized carbons (Fsp3) is 0.500. The van der Waals surface area contributed by atoms with Crippen molar-refractivity contribution in [2.24, 2.45) is 0 Å². The molecule has 2 aromatic rings. The maximum atomic E-state index is 12.9. The summed E-state index contributed by atoms with van der Waals surface area (Å²) in [5.74, 6) is -0.200. The van der Waals surface area contributed by atoms with Crippen molar-refractivity contribution in [1.82, 2.24) is 20.0 Å². The number of benzene rings is 1. The van der Waals surface area contributed by atoms with Gasteiger partial charge in [0.2, 0.25) is 0 Å². The van der Waals surface area contributed by atoms with Crippen molar-refractivity contribution < 1.29 is 4.39 Å². The molecule has 1 aliphatic heterocycles. The molecule has 1 fully saturated rings. The SMILES string of the molecule is CN(Cc1cnn(Cc2ccc(F)cc2)c1)C1CCCNCC1. The van der Waals surface area contributed by atoms with E-state index in [4.69, 9.17) is 0 Å². The molecule has 0 radical (unpaired) electrons. The molecule has 1 N–H and O–H groups in total. The molecule has 1 aliphatic rings. The van der Waals surface area contributed by atoms with Gasteiger partial charge in [0.1, 0.15) is 5.82 Å². The molecule has 1 unspecified atom stereocenters. The third-order valence-corrected chi connectivity index (χ3v) is 4.55. The van der Waals surface area contributed by atoms with Crippen molar-refractivity contribution in [3.05, 3.63) is 53.6 Å². The fourth-order valence-corrected chi connectivity index (χ4v) is 3.21. The van der Waals surface area contributed by atoms with Gasteiger partial charge in [-0.2, -0.15) is 5.10 Å². The van der Waals surface area contributed by atoms with Crippen LogP contribution in [0, 0.1) is 5.82 Å². The number of hydrogen-bond acceptors (Lipinski definition) is 3. The van der Waals surface area contributed by atoms with Crippen LogP contribution in [0.3, 0.4) is 0 Å². The molecule has 0 aliphatic carbocycles. The van der Waals surface area contributed by atoms with Crippen molar-refractivity contribution >= 4 is 0 Å². The lowest BCUT2D eigenvalue weighted by molar-refractivity contribution is 0.216. The molecule has 5 heteroatoms.